The SMILES string of the molecule is C[C@](O)(c1ccc(F)cc1)[C@H](F)C(N)=O. The van der Waals surface area contributed by atoms with Crippen LogP contribution in [0.1, 0.15) is 12.5 Å². The van der Waals surface area contributed by atoms with Gasteiger partial charge < -0.3 is 10.8 Å². The highest BCUT2D eigenvalue weighted by Gasteiger charge is 2.38. The monoisotopic (exact) mass is 215 g/mol. The quantitative estimate of drug-likeness (QED) is 0.785. The second-order valence-electron chi connectivity index (χ2n) is 3.42. The summed E-state index contributed by atoms with van der Waals surface area (Å²) >= 11 is 0. The summed E-state index contributed by atoms with van der Waals surface area (Å²) in [6.45, 7) is 1.11. The largest absolute Gasteiger partial charge is 0.382 e. The van der Waals surface area contributed by atoms with Gasteiger partial charge >= 0.3 is 0 Å². The van der Waals surface area contributed by atoms with Crippen molar-refractivity contribution < 1.29 is 18.7 Å². The van der Waals surface area contributed by atoms with Gasteiger partial charge in [-0.3, -0.25) is 4.79 Å². The third kappa shape index (κ3) is 2.30. The highest BCUT2D eigenvalue weighted by atomic mass is 19.1. The van der Waals surface area contributed by atoms with Gasteiger partial charge in [0.05, 0.1) is 0 Å². The molecule has 2 atom stereocenters. The molecule has 0 bridgehead atoms. The lowest BCUT2D eigenvalue weighted by atomic mass is 9.91. The average molecular weight is 215 g/mol. The lowest BCUT2D eigenvalue weighted by Gasteiger charge is -2.25. The molecule has 0 radical (unpaired) electrons. The Morgan fingerprint density at radius 2 is 1.93 bits per heavy atom. The molecule has 0 saturated carbocycles. The maximum Gasteiger partial charge on any atom is 0.255 e. The first-order valence-electron chi connectivity index (χ1n) is 4.27. The van der Waals surface area contributed by atoms with Crippen LogP contribution in [0.4, 0.5) is 8.78 Å². The zero-order valence-electron chi connectivity index (χ0n) is 8.08. The third-order valence-corrected chi connectivity index (χ3v) is 2.17. The van der Waals surface area contributed by atoms with Gasteiger partial charge in [0, 0.05) is 0 Å². The summed E-state index contributed by atoms with van der Waals surface area (Å²) in [6.07, 6.45) is -2.23. The molecule has 3 nitrogen and oxygen atoms in total. The van der Waals surface area contributed by atoms with Crippen molar-refractivity contribution in [1.29, 1.82) is 0 Å². The lowest BCUT2D eigenvalue weighted by molar-refractivity contribution is -0.133. The summed E-state index contributed by atoms with van der Waals surface area (Å²) in [5.41, 5.74) is 2.79. The molecule has 1 aromatic carbocycles. The van der Waals surface area contributed by atoms with Crippen LogP contribution in [0.5, 0.6) is 0 Å². The molecule has 0 spiro atoms. The van der Waals surface area contributed by atoms with Gasteiger partial charge in [-0.1, -0.05) is 12.1 Å². The van der Waals surface area contributed by atoms with Crippen LogP contribution in [0.2, 0.25) is 0 Å². The molecule has 0 saturated heterocycles. The van der Waals surface area contributed by atoms with E-state index in [4.69, 9.17) is 5.73 Å². The van der Waals surface area contributed by atoms with Gasteiger partial charge in [0.25, 0.3) is 5.91 Å². The van der Waals surface area contributed by atoms with Crippen molar-refractivity contribution in [2.45, 2.75) is 18.7 Å². The first-order valence-corrected chi connectivity index (χ1v) is 4.27. The molecular formula is C10H11F2NO2. The molecular weight excluding hydrogens is 204 g/mol. The molecule has 1 rings (SSSR count). The maximum atomic E-state index is 13.3. The Kier molecular flexibility index (Phi) is 3.04. The predicted molar refractivity (Wildman–Crippen MR) is 50.1 cm³/mol. The molecule has 0 fully saturated rings. The van der Waals surface area contributed by atoms with E-state index < -0.39 is 23.5 Å². The van der Waals surface area contributed by atoms with Gasteiger partial charge in [-0.05, 0) is 24.6 Å². The first kappa shape index (κ1) is 11.6. The smallest absolute Gasteiger partial charge is 0.255 e. The van der Waals surface area contributed by atoms with Crippen LogP contribution in [0.25, 0.3) is 0 Å². The van der Waals surface area contributed by atoms with E-state index in [1.54, 1.807) is 0 Å². The minimum Gasteiger partial charge on any atom is -0.382 e. The summed E-state index contributed by atoms with van der Waals surface area (Å²) in [5, 5.41) is 9.72. The van der Waals surface area contributed by atoms with Crippen LogP contribution < -0.4 is 5.73 Å². The minimum absolute atomic E-state index is 0.0928. The van der Waals surface area contributed by atoms with Crippen LogP contribution in [0, 0.1) is 5.82 Å². The molecule has 0 aliphatic heterocycles. The summed E-state index contributed by atoms with van der Waals surface area (Å²) in [5.74, 6) is -1.77. The number of alkyl halides is 1. The number of primary amides is 1. The molecule has 1 aromatic rings. The van der Waals surface area contributed by atoms with Crippen molar-refractivity contribution in [3.63, 3.8) is 0 Å². The summed E-state index contributed by atoms with van der Waals surface area (Å²) in [6, 6.07) is 4.53. The molecule has 15 heavy (non-hydrogen) atoms. The summed E-state index contributed by atoms with van der Waals surface area (Å²) in [4.78, 5) is 10.6. The molecule has 82 valence electrons. The van der Waals surface area contributed by atoms with Crippen LogP contribution >= 0.6 is 0 Å². The van der Waals surface area contributed by atoms with E-state index in [0.29, 0.717) is 0 Å². The Bertz CT molecular complexity index is 362. The second kappa shape index (κ2) is 3.94. The molecule has 0 aromatic heterocycles. The van der Waals surface area contributed by atoms with E-state index in [1.807, 2.05) is 0 Å². The fourth-order valence-electron chi connectivity index (χ4n) is 1.21. The van der Waals surface area contributed by atoms with Crippen LogP contribution in [-0.2, 0) is 10.4 Å². The van der Waals surface area contributed by atoms with Crippen molar-refractivity contribution in [3.05, 3.63) is 35.6 Å². The summed E-state index contributed by atoms with van der Waals surface area (Å²) < 4.78 is 25.8. The van der Waals surface area contributed by atoms with Crippen molar-refractivity contribution >= 4 is 5.91 Å². The topological polar surface area (TPSA) is 63.3 Å². The summed E-state index contributed by atoms with van der Waals surface area (Å²) in [7, 11) is 0. The van der Waals surface area contributed by atoms with Crippen molar-refractivity contribution in [2.24, 2.45) is 5.73 Å². The van der Waals surface area contributed by atoms with Crippen molar-refractivity contribution in [1.82, 2.24) is 0 Å². The maximum absolute atomic E-state index is 13.3. The third-order valence-electron chi connectivity index (χ3n) is 2.17. The van der Waals surface area contributed by atoms with Crippen LogP contribution in [-0.4, -0.2) is 17.2 Å². The predicted octanol–water partition coefficient (Wildman–Crippen LogP) is 0.857. The highest BCUT2D eigenvalue weighted by Crippen LogP contribution is 2.26. The molecule has 0 heterocycles. The highest BCUT2D eigenvalue weighted by molar-refractivity contribution is 5.80. The van der Waals surface area contributed by atoms with Gasteiger partial charge in [-0.2, -0.15) is 0 Å². The number of benzene rings is 1. The normalized spacial score (nSPS) is 16.8. The lowest BCUT2D eigenvalue weighted by Crippen LogP contribution is -2.42. The molecule has 1 amide bonds. The minimum atomic E-state index is -2.23. The van der Waals surface area contributed by atoms with E-state index in [0.717, 1.165) is 19.1 Å². The van der Waals surface area contributed by atoms with Gasteiger partial charge in [-0.25, -0.2) is 8.78 Å². The van der Waals surface area contributed by atoms with E-state index in [9.17, 15) is 18.7 Å². The van der Waals surface area contributed by atoms with Crippen LogP contribution in [0.15, 0.2) is 24.3 Å². The molecule has 5 heteroatoms. The number of hydrogen-bond acceptors (Lipinski definition) is 2. The molecule has 3 N–H and O–H groups in total. The fourth-order valence-corrected chi connectivity index (χ4v) is 1.21. The van der Waals surface area contributed by atoms with Crippen molar-refractivity contribution in [2.75, 3.05) is 0 Å². The van der Waals surface area contributed by atoms with Crippen molar-refractivity contribution in [3.8, 4) is 0 Å². The number of aliphatic hydroxyl groups is 1. The zero-order chi connectivity index (χ0) is 11.6. The number of rotatable bonds is 3. The number of hydrogen-bond donors (Lipinski definition) is 2. The Hall–Kier alpha value is -1.49. The Morgan fingerprint density at radius 1 is 1.47 bits per heavy atom. The fraction of sp³-hybridized carbons (Fsp3) is 0.300. The van der Waals surface area contributed by atoms with E-state index >= 15 is 0 Å². The van der Waals surface area contributed by atoms with Crippen LogP contribution in [0.3, 0.4) is 0 Å². The molecule has 0 aliphatic carbocycles. The van der Waals surface area contributed by atoms with Gasteiger partial charge in [0.1, 0.15) is 11.4 Å². The Balaban J connectivity index is 3.05. The number of amides is 1. The number of carbonyl (C=O) groups excluding carboxylic acids is 1. The number of carbonyl (C=O) groups is 1. The average Bonchev–Trinajstić information content (AvgIpc) is 2.17. The molecule has 0 aliphatic rings. The first-order chi connectivity index (χ1) is 6.85. The zero-order valence-corrected chi connectivity index (χ0v) is 8.08. The molecule has 0 unspecified atom stereocenters. The van der Waals surface area contributed by atoms with Gasteiger partial charge in [0.15, 0.2) is 0 Å². The van der Waals surface area contributed by atoms with E-state index in [2.05, 4.69) is 0 Å². The Morgan fingerprint density at radius 3 is 2.33 bits per heavy atom. The van der Waals surface area contributed by atoms with Gasteiger partial charge in [0.2, 0.25) is 6.17 Å². The Labute approximate surface area is 85.5 Å². The number of nitrogens with two attached hydrogens (primary N) is 1. The number of halogens is 2. The second-order valence-corrected chi connectivity index (χ2v) is 3.42. The van der Waals surface area contributed by atoms with E-state index in [1.165, 1.54) is 12.1 Å². The van der Waals surface area contributed by atoms with Gasteiger partial charge in [-0.15, -0.1) is 0 Å². The standard InChI is InChI=1S/C10H11F2NO2/c1-10(15,8(12)9(13)14)6-2-4-7(11)5-3-6/h2-5,8,15H,1H3,(H2,13,14)/t8-,10+/m1/s1. The van der Waals surface area contributed by atoms with E-state index in [-0.39, 0.29) is 5.56 Å².